The number of methoxy groups -OCH3 is 1. The molecule has 98 valence electrons. The standard InChI is InChI=1S/C13H25N3O/c1-12(2)6-4-7-14-13-15-8-10-16(13)9-5-11-17-3/h8,10,12H,4-7,9,11H2,1-3H3,(H,14,15). The number of aryl methyl sites for hydroxylation is 1. The molecule has 0 aliphatic rings. The van der Waals surface area contributed by atoms with Gasteiger partial charge in [0.2, 0.25) is 5.95 Å². The number of aromatic nitrogens is 2. The molecule has 1 aromatic rings. The van der Waals surface area contributed by atoms with Crippen molar-refractivity contribution >= 4 is 5.95 Å². The number of rotatable bonds is 9. The van der Waals surface area contributed by atoms with Gasteiger partial charge in [-0.05, 0) is 25.2 Å². The van der Waals surface area contributed by atoms with Crippen LogP contribution in [0.5, 0.6) is 0 Å². The van der Waals surface area contributed by atoms with Gasteiger partial charge in [0.25, 0.3) is 0 Å². The zero-order chi connectivity index (χ0) is 12.5. The zero-order valence-electron chi connectivity index (χ0n) is 11.3. The Labute approximate surface area is 104 Å². The van der Waals surface area contributed by atoms with E-state index in [-0.39, 0.29) is 0 Å². The summed E-state index contributed by atoms with van der Waals surface area (Å²) in [6.07, 6.45) is 7.34. The van der Waals surface area contributed by atoms with E-state index >= 15 is 0 Å². The number of nitrogens with zero attached hydrogens (tertiary/aromatic N) is 2. The number of hydrogen-bond acceptors (Lipinski definition) is 3. The molecule has 0 saturated carbocycles. The lowest BCUT2D eigenvalue weighted by atomic mass is 10.1. The lowest BCUT2D eigenvalue weighted by molar-refractivity contribution is 0.190. The van der Waals surface area contributed by atoms with E-state index < -0.39 is 0 Å². The molecule has 0 spiro atoms. The summed E-state index contributed by atoms with van der Waals surface area (Å²) in [7, 11) is 1.74. The maximum Gasteiger partial charge on any atom is 0.202 e. The predicted molar refractivity (Wildman–Crippen MR) is 71.3 cm³/mol. The molecule has 0 atom stereocenters. The molecule has 1 heterocycles. The fraction of sp³-hybridized carbons (Fsp3) is 0.769. The van der Waals surface area contributed by atoms with Gasteiger partial charge in [0.15, 0.2) is 0 Å². The van der Waals surface area contributed by atoms with Gasteiger partial charge in [-0.25, -0.2) is 4.98 Å². The van der Waals surface area contributed by atoms with Crippen LogP contribution in [0.2, 0.25) is 0 Å². The minimum Gasteiger partial charge on any atom is -0.385 e. The smallest absolute Gasteiger partial charge is 0.202 e. The molecule has 0 saturated heterocycles. The SMILES string of the molecule is COCCCn1ccnc1NCCCC(C)C. The van der Waals surface area contributed by atoms with Crippen molar-refractivity contribution < 1.29 is 4.74 Å². The van der Waals surface area contributed by atoms with E-state index in [4.69, 9.17) is 4.74 Å². The van der Waals surface area contributed by atoms with Crippen LogP contribution in [-0.4, -0.2) is 29.8 Å². The normalized spacial score (nSPS) is 11.1. The first-order valence-corrected chi connectivity index (χ1v) is 6.48. The number of anilines is 1. The molecule has 4 nitrogen and oxygen atoms in total. The lowest BCUT2D eigenvalue weighted by Gasteiger charge is -2.10. The summed E-state index contributed by atoms with van der Waals surface area (Å²) >= 11 is 0. The van der Waals surface area contributed by atoms with Crippen LogP contribution in [0.15, 0.2) is 12.4 Å². The zero-order valence-corrected chi connectivity index (χ0v) is 11.3. The summed E-state index contributed by atoms with van der Waals surface area (Å²) in [6, 6.07) is 0. The van der Waals surface area contributed by atoms with Crippen molar-refractivity contribution in [1.82, 2.24) is 9.55 Å². The van der Waals surface area contributed by atoms with Gasteiger partial charge >= 0.3 is 0 Å². The van der Waals surface area contributed by atoms with Gasteiger partial charge in [-0.1, -0.05) is 13.8 Å². The first-order chi connectivity index (χ1) is 8.24. The van der Waals surface area contributed by atoms with Gasteiger partial charge in [-0.15, -0.1) is 0 Å². The van der Waals surface area contributed by atoms with Crippen molar-refractivity contribution in [2.75, 3.05) is 25.6 Å². The highest BCUT2D eigenvalue weighted by Gasteiger charge is 2.01. The fourth-order valence-electron chi connectivity index (χ4n) is 1.75. The molecule has 0 fully saturated rings. The molecule has 0 aliphatic carbocycles. The van der Waals surface area contributed by atoms with Gasteiger partial charge in [0.1, 0.15) is 0 Å². The van der Waals surface area contributed by atoms with Crippen LogP contribution in [0, 0.1) is 5.92 Å². The second-order valence-electron chi connectivity index (χ2n) is 4.75. The van der Waals surface area contributed by atoms with E-state index in [2.05, 4.69) is 28.7 Å². The summed E-state index contributed by atoms with van der Waals surface area (Å²) in [5, 5.41) is 3.39. The average molecular weight is 239 g/mol. The Balaban J connectivity index is 2.25. The van der Waals surface area contributed by atoms with Crippen LogP contribution in [-0.2, 0) is 11.3 Å². The highest BCUT2D eigenvalue weighted by atomic mass is 16.5. The third-order valence-corrected chi connectivity index (χ3v) is 2.70. The van der Waals surface area contributed by atoms with Crippen molar-refractivity contribution in [2.24, 2.45) is 5.92 Å². The molecular weight excluding hydrogens is 214 g/mol. The molecule has 0 unspecified atom stereocenters. The molecule has 0 radical (unpaired) electrons. The maximum absolute atomic E-state index is 5.05. The first-order valence-electron chi connectivity index (χ1n) is 6.48. The third-order valence-electron chi connectivity index (χ3n) is 2.70. The molecule has 0 amide bonds. The molecule has 0 aliphatic heterocycles. The number of nitrogens with one attached hydrogen (secondary N) is 1. The van der Waals surface area contributed by atoms with Crippen LogP contribution >= 0.6 is 0 Å². The Morgan fingerprint density at radius 1 is 1.41 bits per heavy atom. The van der Waals surface area contributed by atoms with Gasteiger partial charge < -0.3 is 14.6 Å². The molecule has 0 bridgehead atoms. The number of hydrogen-bond donors (Lipinski definition) is 1. The Hall–Kier alpha value is -1.03. The van der Waals surface area contributed by atoms with E-state index in [1.807, 2.05) is 12.4 Å². The van der Waals surface area contributed by atoms with Crippen LogP contribution in [0.3, 0.4) is 0 Å². The Morgan fingerprint density at radius 3 is 2.94 bits per heavy atom. The average Bonchev–Trinajstić information content (AvgIpc) is 2.72. The van der Waals surface area contributed by atoms with Gasteiger partial charge in [-0.3, -0.25) is 0 Å². The minimum absolute atomic E-state index is 0.776. The topological polar surface area (TPSA) is 39.1 Å². The largest absolute Gasteiger partial charge is 0.385 e. The number of ether oxygens (including phenoxy) is 1. The Morgan fingerprint density at radius 2 is 2.24 bits per heavy atom. The summed E-state index contributed by atoms with van der Waals surface area (Å²) < 4.78 is 7.20. The fourth-order valence-corrected chi connectivity index (χ4v) is 1.75. The summed E-state index contributed by atoms with van der Waals surface area (Å²) in [6.45, 7) is 7.27. The first kappa shape index (κ1) is 14.0. The maximum atomic E-state index is 5.05. The van der Waals surface area contributed by atoms with E-state index in [0.717, 1.165) is 38.0 Å². The summed E-state index contributed by atoms with van der Waals surface area (Å²) in [4.78, 5) is 4.32. The van der Waals surface area contributed by atoms with Gasteiger partial charge in [0, 0.05) is 39.2 Å². The minimum atomic E-state index is 0.776. The van der Waals surface area contributed by atoms with Crippen LogP contribution in [0.1, 0.15) is 33.1 Å². The Kier molecular flexibility index (Phi) is 6.70. The quantitative estimate of drug-likeness (QED) is 0.673. The van der Waals surface area contributed by atoms with Crippen molar-refractivity contribution in [3.05, 3.63) is 12.4 Å². The van der Waals surface area contributed by atoms with Crippen molar-refractivity contribution in [1.29, 1.82) is 0 Å². The molecule has 17 heavy (non-hydrogen) atoms. The molecular formula is C13H25N3O. The molecule has 0 aromatic carbocycles. The van der Waals surface area contributed by atoms with E-state index in [9.17, 15) is 0 Å². The Bertz CT molecular complexity index is 297. The number of imidazole rings is 1. The summed E-state index contributed by atoms with van der Waals surface area (Å²) in [5.74, 6) is 1.75. The second kappa shape index (κ2) is 8.12. The van der Waals surface area contributed by atoms with Gasteiger partial charge in [-0.2, -0.15) is 0 Å². The van der Waals surface area contributed by atoms with E-state index in [1.165, 1.54) is 12.8 Å². The van der Waals surface area contributed by atoms with Crippen molar-refractivity contribution in [3.63, 3.8) is 0 Å². The molecule has 4 heteroatoms. The van der Waals surface area contributed by atoms with E-state index in [0.29, 0.717) is 0 Å². The van der Waals surface area contributed by atoms with Crippen LogP contribution in [0.25, 0.3) is 0 Å². The van der Waals surface area contributed by atoms with Crippen LogP contribution < -0.4 is 5.32 Å². The highest BCUT2D eigenvalue weighted by molar-refractivity contribution is 5.25. The molecule has 1 aromatic heterocycles. The highest BCUT2D eigenvalue weighted by Crippen LogP contribution is 2.07. The summed E-state index contributed by atoms with van der Waals surface area (Å²) in [5.41, 5.74) is 0. The second-order valence-corrected chi connectivity index (χ2v) is 4.75. The molecule has 1 rings (SSSR count). The third kappa shape index (κ3) is 5.73. The van der Waals surface area contributed by atoms with Crippen molar-refractivity contribution in [2.45, 2.75) is 39.7 Å². The molecule has 1 N–H and O–H groups in total. The monoisotopic (exact) mass is 239 g/mol. The van der Waals surface area contributed by atoms with E-state index in [1.54, 1.807) is 7.11 Å². The lowest BCUT2D eigenvalue weighted by Crippen LogP contribution is -2.10. The van der Waals surface area contributed by atoms with Gasteiger partial charge in [0.05, 0.1) is 0 Å². The van der Waals surface area contributed by atoms with Crippen molar-refractivity contribution in [3.8, 4) is 0 Å². The van der Waals surface area contributed by atoms with Crippen LogP contribution in [0.4, 0.5) is 5.95 Å². The predicted octanol–water partition coefficient (Wildman–Crippen LogP) is 2.77.